The number of benzene rings is 1. The molecule has 0 saturated heterocycles. The number of thiazole rings is 1. The predicted octanol–water partition coefficient (Wildman–Crippen LogP) is 3.91. The van der Waals surface area contributed by atoms with Gasteiger partial charge in [-0.1, -0.05) is 0 Å². The zero-order chi connectivity index (χ0) is 21.0. The topological polar surface area (TPSA) is 77.0 Å². The van der Waals surface area contributed by atoms with E-state index in [1.54, 1.807) is 7.11 Å². The van der Waals surface area contributed by atoms with E-state index in [1.807, 2.05) is 29.6 Å². The van der Waals surface area contributed by atoms with E-state index < -0.39 is 17.8 Å². The number of hydrogen-bond acceptors (Lipinski definition) is 6. The number of nitrogens with one attached hydrogen (secondary N) is 1. The van der Waals surface area contributed by atoms with Gasteiger partial charge >= 0.3 is 6.18 Å². The molecule has 1 N–H and O–H groups in total. The van der Waals surface area contributed by atoms with Gasteiger partial charge in [0.1, 0.15) is 28.0 Å². The Balaban J connectivity index is 1.60. The van der Waals surface area contributed by atoms with Crippen LogP contribution >= 0.6 is 11.3 Å². The highest BCUT2D eigenvalue weighted by Crippen LogP contribution is 2.28. The maximum atomic E-state index is 12.8. The molecule has 3 rings (SSSR count). The number of nitrogens with zero attached hydrogens (tertiary/aromatic N) is 3. The van der Waals surface area contributed by atoms with E-state index in [0.717, 1.165) is 22.0 Å². The predicted molar refractivity (Wildman–Crippen MR) is 102 cm³/mol. The van der Waals surface area contributed by atoms with Crippen molar-refractivity contribution in [2.45, 2.75) is 19.5 Å². The highest BCUT2D eigenvalue weighted by molar-refractivity contribution is 7.13. The first-order chi connectivity index (χ1) is 13.8. The van der Waals surface area contributed by atoms with Gasteiger partial charge in [-0.3, -0.25) is 4.79 Å². The third kappa shape index (κ3) is 5.29. The number of carbonyl (C=O) groups is 1. The number of aryl methyl sites for hydroxylation is 1. The van der Waals surface area contributed by atoms with E-state index in [1.165, 1.54) is 18.3 Å². The number of halogens is 3. The summed E-state index contributed by atoms with van der Waals surface area (Å²) in [5.41, 5.74) is 0.263. The molecule has 3 aromatic rings. The molecular formula is C19H17F3N4O2S. The van der Waals surface area contributed by atoms with Gasteiger partial charge in [0, 0.05) is 30.0 Å². The summed E-state index contributed by atoms with van der Waals surface area (Å²) in [5, 5.41) is 5.28. The van der Waals surface area contributed by atoms with Crippen LogP contribution in [0.15, 0.2) is 35.7 Å². The number of rotatable bonds is 6. The molecule has 0 bridgehead atoms. The molecule has 2 aromatic heterocycles. The fraction of sp³-hybridized carbons (Fsp3) is 0.263. The standard InChI is InChI=1S/C19H17F3N4O2S/c1-11-24-15(9-16(25-11)19(20,21)22)17(27)23-8-7-13-10-29-18(26-13)12-3-5-14(28-2)6-4-12/h3-6,9-10H,7-8H2,1-2H3,(H,23,27). The lowest BCUT2D eigenvalue weighted by Crippen LogP contribution is -2.27. The lowest BCUT2D eigenvalue weighted by atomic mass is 10.2. The largest absolute Gasteiger partial charge is 0.497 e. The molecule has 1 aromatic carbocycles. The number of carbonyl (C=O) groups excluding carboxylic acids is 1. The summed E-state index contributed by atoms with van der Waals surface area (Å²) < 4.78 is 43.6. The number of hydrogen-bond donors (Lipinski definition) is 1. The Morgan fingerprint density at radius 3 is 2.55 bits per heavy atom. The van der Waals surface area contributed by atoms with Crippen LogP contribution in [0.5, 0.6) is 5.75 Å². The number of methoxy groups -OCH3 is 1. The molecule has 0 atom stereocenters. The molecule has 0 aliphatic heterocycles. The van der Waals surface area contributed by atoms with E-state index in [4.69, 9.17) is 4.74 Å². The van der Waals surface area contributed by atoms with Crippen LogP contribution in [0.2, 0.25) is 0 Å². The van der Waals surface area contributed by atoms with Gasteiger partial charge in [-0.15, -0.1) is 11.3 Å². The maximum Gasteiger partial charge on any atom is 0.433 e. The van der Waals surface area contributed by atoms with Gasteiger partial charge in [-0.2, -0.15) is 13.2 Å². The first-order valence-corrected chi connectivity index (χ1v) is 9.44. The van der Waals surface area contributed by atoms with Gasteiger partial charge in [0.15, 0.2) is 0 Å². The lowest BCUT2D eigenvalue weighted by molar-refractivity contribution is -0.141. The minimum absolute atomic E-state index is 0.117. The van der Waals surface area contributed by atoms with Crippen LogP contribution in [0, 0.1) is 6.92 Å². The molecule has 152 valence electrons. The second-order valence-electron chi connectivity index (χ2n) is 6.06. The van der Waals surface area contributed by atoms with Crippen molar-refractivity contribution in [3.8, 4) is 16.3 Å². The van der Waals surface area contributed by atoms with E-state index >= 15 is 0 Å². The van der Waals surface area contributed by atoms with Crippen molar-refractivity contribution < 1.29 is 22.7 Å². The number of aromatic nitrogens is 3. The first kappa shape index (κ1) is 20.7. The van der Waals surface area contributed by atoms with Crippen LogP contribution in [0.4, 0.5) is 13.2 Å². The summed E-state index contributed by atoms with van der Waals surface area (Å²) in [7, 11) is 1.59. The van der Waals surface area contributed by atoms with Crippen molar-refractivity contribution in [2.75, 3.05) is 13.7 Å². The number of amides is 1. The first-order valence-electron chi connectivity index (χ1n) is 8.56. The van der Waals surface area contributed by atoms with Crippen molar-refractivity contribution in [1.82, 2.24) is 20.3 Å². The Hall–Kier alpha value is -3.01. The Kier molecular flexibility index (Phi) is 6.12. The summed E-state index contributed by atoms with van der Waals surface area (Å²) in [6.07, 6.45) is -4.20. The molecule has 10 heteroatoms. The van der Waals surface area contributed by atoms with Gasteiger partial charge in [-0.05, 0) is 31.2 Å². The molecule has 0 aliphatic rings. The number of ether oxygens (including phenoxy) is 1. The minimum atomic E-state index is -4.64. The van der Waals surface area contributed by atoms with Crippen molar-refractivity contribution >= 4 is 17.2 Å². The van der Waals surface area contributed by atoms with Crippen LogP contribution in [0.25, 0.3) is 10.6 Å². The van der Waals surface area contributed by atoms with Gasteiger partial charge < -0.3 is 10.1 Å². The zero-order valence-corrected chi connectivity index (χ0v) is 16.4. The molecular weight excluding hydrogens is 405 g/mol. The molecule has 1 amide bonds. The summed E-state index contributed by atoms with van der Waals surface area (Å²) in [4.78, 5) is 23.8. The second kappa shape index (κ2) is 8.56. The van der Waals surface area contributed by atoms with Crippen LogP contribution in [-0.4, -0.2) is 34.5 Å². The van der Waals surface area contributed by atoms with Crippen LogP contribution in [-0.2, 0) is 12.6 Å². The molecule has 2 heterocycles. The van der Waals surface area contributed by atoms with Gasteiger partial charge in [0.25, 0.3) is 5.91 Å². The highest BCUT2D eigenvalue weighted by Gasteiger charge is 2.33. The molecule has 0 aliphatic carbocycles. The molecule has 0 saturated carbocycles. The molecule has 0 radical (unpaired) electrons. The normalized spacial score (nSPS) is 11.3. The monoisotopic (exact) mass is 422 g/mol. The minimum Gasteiger partial charge on any atom is -0.497 e. The van der Waals surface area contributed by atoms with Gasteiger partial charge in [0.05, 0.1) is 12.8 Å². The van der Waals surface area contributed by atoms with E-state index in [0.29, 0.717) is 12.5 Å². The third-order valence-electron chi connectivity index (χ3n) is 3.92. The lowest BCUT2D eigenvalue weighted by Gasteiger charge is -2.09. The van der Waals surface area contributed by atoms with Crippen molar-refractivity contribution in [3.05, 3.63) is 58.6 Å². The van der Waals surface area contributed by atoms with Crippen molar-refractivity contribution in [1.29, 1.82) is 0 Å². The molecule has 0 unspecified atom stereocenters. The van der Waals surface area contributed by atoms with Gasteiger partial charge in [-0.25, -0.2) is 15.0 Å². The van der Waals surface area contributed by atoms with Crippen molar-refractivity contribution in [3.63, 3.8) is 0 Å². The number of alkyl halides is 3. The Morgan fingerprint density at radius 1 is 1.17 bits per heavy atom. The van der Waals surface area contributed by atoms with Crippen LogP contribution < -0.4 is 10.1 Å². The van der Waals surface area contributed by atoms with E-state index in [2.05, 4.69) is 20.3 Å². The second-order valence-corrected chi connectivity index (χ2v) is 6.92. The fourth-order valence-corrected chi connectivity index (χ4v) is 3.37. The summed E-state index contributed by atoms with van der Waals surface area (Å²) >= 11 is 1.47. The maximum absolute atomic E-state index is 12.8. The summed E-state index contributed by atoms with van der Waals surface area (Å²) in [6, 6.07) is 8.13. The van der Waals surface area contributed by atoms with E-state index in [-0.39, 0.29) is 18.1 Å². The van der Waals surface area contributed by atoms with Crippen LogP contribution in [0.3, 0.4) is 0 Å². The van der Waals surface area contributed by atoms with Crippen molar-refractivity contribution in [2.24, 2.45) is 0 Å². The molecule has 29 heavy (non-hydrogen) atoms. The zero-order valence-electron chi connectivity index (χ0n) is 15.6. The quantitative estimate of drug-likeness (QED) is 0.652. The average molecular weight is 422 g/mol. The SMILES string of the molecule is COc1ccc(-c2nc(CCNC(=O)c3cc(C(F)(F)F)nc(C)n3)cs2)cc1. The Morgan fingerprint density at radius 2 is 1.90 bits per heavy atom. The molecule has 6 nitrogen and oxygen atoms in total. The summed E-state index contributed by atoms with van der Waals surface area (Å²) in [5.74, 6) is -0.0536. The van der Waals surface area contributed by atoms with Crippen LogP contribution in [0.1, 0.15) is 27.7 Å². The Bertz CT molecular complexity index is 1000. The fourth-order valence-electron chi connectivity index (χ4n) is 2.51. The molecule has 0 spiro atoms. The summed E-state index contributed by atoms with van der Waals surface area (Å²) in [6.45, 7) is 1.52. The average Bonchev–Trinajstić information content (AvgIpc) is 3.15. The smallest absolute Gasteiger partial charge is 0.433 e. The molecule has 0 fully saturated rings. The highest BCUT2D eigenvalue weighted by atomic mass is 32.1. The van der Waals surface area contributed by atoms with Gasteiger partial charge in [0.2, 0.25) is 0 Å². The van der Waals surface area contributed by atoms with E-state index in [9.17, 15) is 18.0 Å². The third-order valence-corrected chi connectivity index (χ3v) is 4.86. The Labute approximate surface area is 168 Å².